The number of unbranched alkanes of at least 4 members (excludes halogenated alkanes) is 4. The van der Waals surface area contributed by atoms with E-state index in [1.807, 2.05) is 30.3 Å². The van der Waals surface area contributed by atoms with Gasteiger partial charge in [0.25, 0.3) is 0 Å². The van der Waals surface area contributed by atoms with E-state index >= 15 is 0 Å². The van der Waals surface area contributed by atoms with E-state index in [1.165, 1.54) is 25.7 Å². The molecule has 128 valence electrons. The number of pyridine rings is 1. The standard InChI is InChI=1S/C20H26N2O2/c1-2-3-4-5-6-13-24-22-15-18-9-7-10-19(16-23)20(18)17-11-8-12-21-14-17/h7-12,14-15,23H,2-6,13,16H2,1H3. The molecule has 4 heteroatoms. The number of benzene rings is 1. The molecule has 0 saturated heterocycles. The molecule has 0 unspecified atom stereocenters. The first-order chi connectivity index (χ1) is 11.9. The Morgan fingerprint density at radius 1 is 1.12 bits per heavy atom. The summed E-state index contributed by atoms with van der Waals surface area (Å²) < 4.78 is 0. The van der Waals surface area contributed by atoms with Crippen LogP contribution >= 0.6 is 0 Å². The molecule has 1 N–H and O–H groups in total. The summed E-state index contributed by atoms with van der Waals surface area (Å²) in [5.74, 6) is 0. The Morgan fingerprint density at radius 3 is 2.75 bits per heavy atom. The molecule has 0 aliphatic carbocycles. The Balaban J connectivity index is 2.01. The van der Waals surface area contributed by atoms with Gasteiger partial charge in [-0.2, -0.15) is 0 Å². The Bertz CT molecular complexity index is 627. The second-order valence-corrected chi connectivity index (χ2v) is 5.76. The lowest BCUT2D eigenvalue weighted by Crippen LogP contribution is -1.97. The number of oxime groups is 1. The van der Waals surface area contributed by atoms with E-state index in [0.29, 0.717) is 6.61 Å². The second-order valence-electron chi connectivity index (χ2n) is 5.76. The lowest BCUT2D eigenvalue weighted by atomic mass is 9.96. The van der Waals surface area contributed by atoms with Crippen LogP contribution in [-0.4, -0.2) is 22.9 Å². The van der Waals surface area contributed by atoms with Crippen molar-refractivity contribution in [3.8, 4) is 11.1 Å². The highest BCUT2D eigenvalue weighted by Crippen LogP contribution is 2.26. The van der Waals surface area contributed by atoms with Gasteiger partial charge < -0.3 is 9.94 Å². The molecular formula is C20H26N2O2. The highest BCUT2D eigenvalue weighted by atomic mass is 16.6. The largest absolute Gasteiger partial charge is 0.396 e. The number of aliphatic hydroxyl groups is 1. The summed E-state index contributed by atoms with van der Waals surface area (Å²) >= 11 is 0. The summed E-state index contributed by atoms with van der Waals surface area (Å²) in [7, 11) is 0. The van der Waals surface area contributed by atoms with E-state index < -0.39 is 0 Å². The van der Waals surface area contributed by atoms with Gasteiger partial charge in [-0.05, 0) is 30.0 Å². The van der Waals surface area contributed by atoms with Gasteiger partial charge in [0.2, 0.25) is 0 Å². The zero-order valence-corrected chi connectivity index (χ0v) is 14.3. The van der Waals surface area contributed by atoms with Crippen molar-refractivity contribution in [2.45, 2.75) is 45.6 Å². The molecule has 2 aromatic rings. The van der Waals surface area contributed by atoms with Crippen LogP contribution < -0.4 is 0 Å². The third kappa shape index (κ3) is 5.46. The molecule has 1 heterocycles. The van der Waals surface area contributed by atoms with Gasteiger partial charge in [0, 0.05) is 23.5 Å². The Morgan fingerprint density at radius 2 is 2.00 bits per heavy atom. The van der Waals surface area contributed by atoms with Gasteiger partial charge in [-0.3, -0.25) is 4.98 Å². The summed E-state index contributed by atoms with van der Waals surface area (Å²) in [6.07, 6.45) is 11.2. The molecule has 4 nitrogen and oxygen atoms in total. The third-order valence-corrected chi connectivity index (χ3v) is 3.91. The van der Waals surface area contributed by atoms with Gasteiger partial charge >= 0.3 is 0 Å². The number of rotatable bonds is 10. The number of hydrogen-bond acceptors (Lipinski definition) is 4. The molecule has 0 radical (unpaired) electrons. The van der Waals surface area contributed by atoms with Crippen molar-refractivity contribution in [3.05, 3.63) is 53.9 Å². The predicted octanol–water partition coefficient (Wildman–Crippen LogP) is 4.56. The maximum Gasteiger partial charge on any atom is 0.117 e. The van der Waals surface area contributed by atoms with Gasteiger partial charge in [-0.1, -0.05) is 55.6 Å². The monoisotopic (exact) mass is 326 g/mol. The van der Waals surface area contributed by atoms with Crippen LogP contribution in [-0.2, 0) is 11.4 Å². The minimum atomic E-state index is -0.0236. The van der Waals surface area contributed by atoms with Crippen LogP contribution in [0.2, 0.25) is 0 Å². The van der Waals surface area contributed by atoms with Crippen LogP contribution in [0.15, 0.2) is 47.9 Å². The fourth-order valence-corrected chi connectivity index (χ4v) is 2.64. The van der Waals surface area contributed by atoms with E-state index in [4.69, 9.17) is 4.84 Å². The zero-order valence-electron chi connectivity index (χ0n) is 14.3. The molecule has 0 saturated carbocycles. The molecular weight excluding hydrogens is 300 g/mol. The maximum atomic E-state index is 9.62. The maximum absolute atomic E-state index is 9.62. The van der Waals surface area contributed by atoms with Crippen molar-refractivity contribution in [1.29, 1.82) is 0 Å². The second kappa shape index (κ2) is 10.6. The fraction of sp³-hybridized carbons (Fsp3) is 0.400. The first kappa shape index (κ1) is 18.1. The normalized spacial score (nSPS) is 11.1. The molecule has 1 aromatic carbocycles. The van der Waals surface area contributed by atoms with Crippen LogP contribution in [0, 0.1) is 0 Å². The molecule has 0 atom stereocenters. The molecule has 0 bridgehead atoms. The Kier molecular flexibility index (Phi) is 7.98. The van der Waals surface area contributed by atoms with Gasteiger partial charge in [0.1, 0.15) is 6.61 Å². The summed E-state index contributed by atoms with van der Waals surface area (Å²) in [6, 6.07) is 9.66. The number of aliphatic hydroxyl groups excluding tert-OH is 1. The number of nitrogens with zero attached hydrogens (tertiary/aromatic N) is 2. The molecule has 0 amide bonds. The first-order valence-corrected chi connectivity index (χ1v) is 8.65. The summed E-state index contributed by atoms with van der Waals surface area (Å²) in [5, 5.41) is 13.7. The minimum Gasteiger partial charge on any atom is -0.396 e. The van der Waals surface area contributed by atoms with Crippen molar-refractivity contribution in [2.24, 2.45) is 5.16 Å². The molecule has 0 aliphatic heterocycles. The lowest BCUT2D eigenvalue weighted by Gasteiger charge is -2.10. The topological polar surface area (TPSA) is 54.7 Å². The summed E-state index contributed by atoms with van der Waals surface area (Å²) in [4.78, 5) is 9.54. The van der Waals surface area contributed by atoms with Crippen LogP contribution in [0.25, 0.3) is 11.1 Å². The molecule has 2 rings (SSSR count). The van der Waals surface area contributed by atoms with E-state index in [2.05, 4.69) is 17.1 Å². The van der Waals surface area contributed by atoms with E-state index in [0.717, 1.165) is 28.7 Å². The zero-order chi connectivity index (χ0) is 17.0. The van der Waals surface area contributed by atoms with Gasteiger partial charge in [-0.25, -0.2) is 0 Å². The van der Waals surface area contributed by atoms with Crippen LogP contribution in [0.3, 0.4) is 0 Å². The average molecular weight is 326 g/mol. The highest BCUT2D eigenvalue weighted by molar-refractivity contribution is 5.91. The van der Waals surface area contributed by atoms with Crippen LogP contribution in [0.5, 0.6) is 0 Å². The van der Waals surface area contributed by atoms with Gasteiger partial charge in [0.05, 0.1) is 12.8 Å². The van der Waals surface area contributed by atoms with E-state index in [9.17, 15) is 5.11 Å². The van der Waals surface area contributed by atoms with Gasteiger partial charge in [-0.15, -0.1) is 0 Å². The average Bonchev–Trinajstić information content (AvgIpc) is 2.64. The van der Waals surface area contributed by atoms with E-state index in [1.54, 1.807) is 18.6 Å². The summed E-state index contributed by atoms with van der Waals surface area (Å²) in [5.41, 5.74) is 3.68. The van der Waals surface area contributed by atoms with E-state index in [-0.39, 0.29) is 6.61 Å². The molecule has 0 spiro atoms. The SMILES string of the molecule is CCCCCCCON=Cc1cccc(CO)c1-c1cccnc1. The van der Waals surface area contributed by atoms with Crippen LogP contribution in [0.1, 0.15) is 50.2 Å². The molecule has 0 aliphatic rings. The Labute approximate surface area is 144 Å². The third-order valence-electron chi connectivity index (χ3n) is 3.91. The highest BCUT2D eigenvalue weighted by Gasteiger charge is 2.09. The van der Waals surface area contributed by atoms with Crippen molar-refractivity contribution in [1.82, 2.24) is 4.98 Å². The first-order valence-electron chi connectivity index (χ1n) is 8.65. The molecule has 1 aromatic heterocycles. The van der Waals surface area contributed by atoms with Crippen molar-refractivity contribution in [2.75, 3.05) is 6.61 Å². The molecule has 24 heavy (non-hydrogen) atoms. The summed E-state index contributed by atoms with van der Waals surface area (Å²) in [6.45, 7) is 2.83. The minimum absolute atomic E-state index is 0.0236. The van der Waals surface area contributed by atoms with Crippen molar-refractivity contribution in [3.63, 3.8) is 0 Å². The van der Waals surface area contributed by atoms with Crippen molar-refractivity contribution < 1.29 is 9.94 Å². The Hall–Kier alpha value is -2.20. The quantitative estimate of drug-likeness (QED) is 0.395. The smallest absolute Gasteiger partial charge is 0.117 e. The lowest BCUT2D eigenvalue weighted by molar-refractivity contribution is 0.141. The number of aromatic nitrogens is 1. The number of hydrogen-bond donors (Lipinski definition) is 1. The van der Waals surface area contributed by atoms with Crippen LogP contribution in [0.4, 0.5) is 0 Å². The fourth-order valence-electron chi connectivity index (χ4n) is 2.64. The van der Waals surface area contributed by atoms with Crippen molar-refractivity contribution >= 4 is 6.21 Å². The predicted molar refractivity (Wildman–Crippen MR) is 97.9 cm³/mol. The molecule has 0 fully saturated rings. The van der Waals surface area contributed by atoms with Gasteiger partial charge in [0.15, 0.2) is 0 Å².